The van der Waals surface area contributed by atoms with Crippen LogP contribution in [0.3, 0.4) is 0 Å². The van der Waals surface area contributed by atoms with Gasteiger partial charge in [0.15, 0.2) is 0 Å². The molecule has 0 N–H and O–H groups in total. The van der Waals surface area contributed by atoms with Crippen LogP contribution in [0.1, 0.15) is 22.3 Å². The maximum Gasteiger partial charge on any atom is 0.420 e. The Labute approximate surface area is 341 Å². The second kappa shape index (κ2) is 13.8. The first kappa shape index (κ1) is 37.2. The van der Waals surface area contributed by atoms with E-state index < -0.39 is 23.5 Å². The average Bonchev–Trinajstić information content (AvgIpc) is 3.74. The molecule has 8 aromatic carbocycles. The first-order valence-electron chi connectivity index (χ1n) is 19.5. The Kier molecular flexibility index (Phi) is 8.54. The summed E-state index contributed by atoms with van der Waals surface area (Å²) in [4.78, 5) is 0. The molecule has 0 unspecified atom stereocenters. The number of rotatable bonds is 5. The molecular weight excluding hydrogens is 767 g/mol. The lowest BCUT2D eigenvalue weighted by Gasteiger charge is -2.23. The summed E-state index contributed by atoms with van der Waals surface area (Å²) in [7, 11) is 0. The van der Waals surface area contributed by atoms with Gasteiger partial charge in [-0.1, -0.05) is 132 Å². The van der Waals surface area contributed by atoms with Crippen molar-refractivity contribution < 1.29 is 26.3 Å². The number of hydrogen-bond donors (Lipinski definition) is 0. The van der Waals surface area contributed by atoms with Gasteiger partial charge < -0.3 is 9.13 Å². The zero-order valence-electron chi connectivity index (χ0n) is 32.3. The van der Waals surface area contributed by atoms with Crippen molar-refractivity contribution in [2.75, 3.05) is 0 Å². The monoisotopic (exact) mass is 800 g/mol. The Morgan fingerprint density at radius 3 is 1.20 bits per heavy atom. The van der Waals surface area contributed by atoms with E-state index >= 15 is 13.2 Å². The first-order chi connectivity index (χ1) is 28.8. The molecule has 0 aliphatic rings. The topological polar surface area (TPSA) is 9.86 Å². The van der Waals surface area contributed by atoms with Gasteiger partial charge in [-0.15, -0.1) is 0 Å². The molecule has 2 heterocycles. The number of nitrogens with zero attached hydrogens (tertiary/aromatic N) is 2. The Hall–Kier alpha value is -7.06. The Morgan fingerprint density at radius 2 is 0.750 bits per heavy atom. The predicted octanol–water partition coefficient (Wildman–Crippen LogP) is 15.5. The number of aromatic nitrogens is 2. The van der Waals surface area contributed by atoms with Gasteiger partial charge in [-0.05, 0) is 95.8 Å². The van der Waals surface area contributed by atoms with Crippen LogP contribution in [0.15, 0.2) is 170 Å². The molecule has 0 aliphatic heterocycles. The van der Waals surface area contributed by atoms with Crippen molar-refractivity contribution in [1.82, 2.24) is 9.13 Å². The minimum absolute atomic E-state index is 0.128. The van der Waals surface area contributed by atoms with Crippen LogP contribution in [0, 0.1) is 13.8 Å². The summed E-state index contributed by atoms with van der Waals surface area (Å²) >= 11 is 0. The number of alkyl halides is 6. The van der Waals surface area contributed by atoms with Crippen LogP contribution in [0.25, 0.3) is 88.4 Å². The summed E-state index contributed by atoms with van der Waals surface area (Å²) in [6, 6.07) is 49.5. The molecule has 0 aliphatic carbocycles. The van der Waals surface area contributed by atoms with Crippen LogP contribution < -0.4 is 0 Å². The summed E-state index contributed by atoms with van der Waals surface area (Å²) in [5.74, 6) is 0. The quantitative estimate of drug-likeness (QED) is 0.153. The van der Waals surface area contributed by atoms with Gasteiger partial charge >= 0.3 is 12.4 Å². The minimum atomic E-state index is -4.94. The molecular formula is C52H34F6N2. The molecule has 0 saturated heterocycles. The van der Waals surface area contributed by atoms with E-state index in [1.807, 2.05) is 123 Å². The Bertz CT molecular complexity index is 3140. The van der Waals surface area contributed by atoms with Gasteiger partial charge in [-0.3, -0.25) is 0 Å². The normalized spacial score (nSPS) is 12.3. The Morgan fingerprint density at radius 1 is 0.333 bits per heavy atom. The van der Waals surface area contributed by atoms with Crippen LogP contribution >= 0.6 is 0 Å². The third-order valence-electron chi connectivity index (χ3n) is 11.4. The minimum Gasteiger partial charge on any atom is -0.309 e. The average molecular weight is 801 g/mol. The molecule has 0 saturated carbocycles. The fourth-order valence-electron chi connectivity index (χ4n) is 8.77. The van der Waals surface area contributed by atoms with E-state index in [0.717, 1.165) is 67.1 Å². The van der Waals surface area contributed by atoms with Crippen LogP contribution in [-0.2, 0) is 12.4 Å². The number of halogens is 6. The zero-order valence-corrected chi connectivity index (χ0v) is 32.3. The molecule has 0 bridgehead atoms. The van der Waals surface area contributed by atoms with Gasteiger partial charge in [0.1, 0.15) is 5.56 Å². The van der Waals surface area contributed by atoms with E-state index in [9.17, 15) is 13.2 Å². The largest absolute Gasteiger partial charge is 0.420 e. The molecule has 60 heavy (non-hydrogen) atoms. The highest BCUT2D eigenvalue weighted by molar-refractivity contribution is 6.12. The molecule has 8 heteroatoms. The van der Waals surface area contributed by atoms with Gasteiger partial charge in [0, 0.05) is 21.5 Å². The molecule has 0 fully saturated rings. The highest BCUT2D eigenvalue weighted by atomic mass is 19.4. The molecule has 10 rings (SSSR count). The van der Waals surface area contributed by atoms with Crippen LogP contribution in [0.5, 0.6) is 0 Å². The molecule has 0 radical (unpaired) electrons. The third kappa shape index (κ3) is 6.22. The number of para-hydroxylation sites is 2. The highest BCUT2D eigenvalue weighted by Crippen LogP contribution is 2.47. The standard InChI is InChI=1S/C52H34F6N2/c1-31-10-7-12-33(24-31)36-20-22-42-40-16-3-5-18-44(40)59(46(42)27-36)48-29-38(35-14-9-15-39(26-35)51(53,54)55)30-49(50(48)52(56,57)58)60-45-19-6-4-17-41(45)43-23-21-37(28-47(43)60)34-13-8-11-32(2)25-34/h3-30H,1-2H3. The van der Waals surface area contributed by atoms with Crippen molar-refractivity contribution in [3.05, 3.63) is 192 Å². The van der Waals surface area contributed by atoms with Crippen molar-refractivity contribution in [3.8, 4) is 44.8 Å². The first-order valence-corrected chi connectivity index (χ1v) is 19.5. The lowest BCUT2D eigenvalue weighted by Crippen LogP contribution is -2.16. The SMILES string of the molecule is Cc1cccc(-c2ccc3c4ccccc4n(-c4cc(-c5cccc(C(F)(F)F)c5)cc(-n5c6ccccc6c6ccc(-c7cccc(C)c7)cc65)c4C(F)(F)F)c3c2)c1. The van der Waals surface area contributed by atoms with Crippen molar-refractivity contribution in [2.24, 2.45) is 0 Å². The Balaban J connectivity index is 1.37. The van der Waals surface area contributed by atoms with E-state index in [-0.39, 0.29) is 22.5 Å². The van der Waals surface area contributed by atoms with Crippen molar-refractivity contribution >= 4 is 43.6 Å². The number of fused-ring (bicyclic) bond motifs is 6. The molecule has 10 aromatic rings. The molecule has 2 aromatic heterocycles. The number of aryl methyl sites for hydroxylation is 2. The fourth-order valence-corrected chi connectivity index (χ4v) is 8.77. The van der Waals surface area contributed by atoms with Gasteiger partial charge in [0.05, 0.1) is 39.0 Å². The van der Waals surface area contributed by atoms with Gasteiger partial charge in [0.2, 0.25) is 0 Å². The summed E-state index contributed by atoms with van der Waals surface area (Å²) < 4.78 is 95.4. The van der Waals surface area contributed by atoms with Crippen molar-refractivity contribution in [1.29, 1.82) is 0 Å². The van der Waals surface area contributed by atoms with E-state index in [4.69, 9.17) is 0 Å². The molecule has 0 amide bonds. The summed E-state index contributed by atoms with van der Waals surface area (Å²) in [6.45, 7) is 3.96. The van der Waals surface area contributed by atoms with E-state index in [2.05, 4.69) is 0 Å². The molecule has 0 atom stereocenters. The zero-order chi connectivity index (χ0) is 41.5. The number of hydrogen-bond acceptors (Lipinski definition) is 0. The predicted molar refractivity (Wildman–Crippen MR) is 231 cm³/mol. The summed E-state index contributed by atoms with van der Waals surface area (Å²) in [5.41, 5.74) is 5.66. The highest BCUT2D eigenvalue weighted by Gasteiger charge is 2.40. The summed E-state index contributed by atoms with van der Waals surface area (Å²) in [5, 5.41) is 2.95. The second-order valence-electron chi connectivity index (χ2n) is 15.4. The van der Waals surface area contributed by atoms with E-state index in [0.29, 0.717) is 22.1 Å². The maximum absolute atomic E-state index is 16.4. The molecule has 2 nitrogen and oxygen atoms in total. The maximum atomic E-state index is 16.4. The van der Waals surface area contributed by atoms with Crippen LogP contribution in [-0.4, -0.2) is 9.13 Å². The van der Waals surface area contributed by atoms with Crippen molar-refractivity contribution in [3.63, 3.8) is 0 Å². The van der Waals surface area contributed by atoms with Crippen LogP contribution in [0.4, 0.5) is 26.3 Å². The van der Waals surface area contributed by atoms with Crippen molar-refractivity contribution in [2.45, 2.75) is 26.2 Å². The second-order valence-corrected chi connectivity index (χ2v) is 15.4. The van der Waals surface area contributed by atoms with Gasteiger partial charge in [-0.25, -0.2) is 0 Å². The molecule has 294 valence electrons. The summed E-state index contributed by atoms with van der Waals surface area (Å²) in [6.07, 6.45) is -9.61. The van der Waals surface area contributed by atoms with E-state index in [1.54, 1.807) is 33.4 Å². The smallest absolute Gasteiger partial charge is 0.309 e. The lowest BCUT2D eigenvalue weighted by atomic mass is 9.97. The third-order valence-corrected chi connectivity index (χ3v) is 11.4. The van der Waals surface area contributed by atoms with E-state index in [1.165, 1.54) is 24.3 Å². The number of benzene rings is 8. The van der Waals surface area contributed by atoms with Gasteiger partial charge in [-0.2, -0.15) is 26.3 Å². The van der Waals surface area contributed by atoms with Gasteiger partial charge in [0.25, 0.3) is 0 Å². The molecule has 0 spiro atoms. The lowest BCUT2D eigenvalue weighted by molar-refractivity contribution is -0.138. The van der Waals surface area contributed by atoms with Crippen LogP contribution in [0.2, 0.25) is 0 Å². The fraction of sp³-hybridized carbons (Fsp3) is 0.0769.